The van der Waals surface area contributed by atoms with E-state index in [0.717, 1.165) is 17.6 Å². The SMILES string of the molecule is Cn1ncc2c(N)nc3cnc(C(=O)N4CCC[C@@H]5Oc6cc(C(F)(F)F)ccc6[C@@H]54)cc3c21. The van der Waals surface area contributed by atoms with Gasteiger partial charge in [-0.15, -0.1) is 0 Å². The molecule has 0 spiro atoms. The van der Waals surface area contributed by atoms with Crippen molar-refractivity contribution < 1.29 is 22.7 Å². The monoisotopic (exact) mass is 468 g/mol. The number of rotatable bonds is 1. The van der Waals surface area contributed by atoms with Crippen molar-refractivity contribution in [3.63, 3.8) is 0 Å². The van der Waals surface area contributed by atoms with Crippen LogP contribution in [0.3, 0.4) is 0 Å². The number of ether oxygens (including phenoxy) is 1. The lowest BCUT2D eigenvalue weighted by atomic mass is 9.93. The van der Waals surface area contributed by atoms with Gasteiger partial charge in [0.1, 0.15) is 23.4 Å². The summed E-state index contributed by atoms with van der Waals surface area (Å²) in [5, 5.41) is 5.61. The fourth-order valence-corrected chi connectivity index (χ4v) is 5.03. The number of piperidine rings is 1. The number of hydrogen-bond donors (Lipinski definition) is 1. The molecule has 6 rings (SSSR count). The standard InChI is InChI=1S/C23H19F3N6O2/c1-31-19-13-8-15(28-10-16(13)30-21(27)14(19)9-29-31)22(33)32-6-2-3-17-20(32)12-5-4-11(23(24,25)26)7-18(12)34-17/h4-5,7-10,17,20H,2-3,6H2,1H3,(H2,27,30)/t17-,20-/m0/s1. The van der Waals surface area contributed by atoms with Gasteiger partial charge >= 0.3 is 6.18 Å². The van der Waals surface area contributed by atoms with Crippen LogP contribution in [-0.4, -0.2) is 43.2 Å². The molecular weight excluding hydrogens is 449 g/mol. The Hall–Kier alpha value is -3.89. The van der Waals surface area contributed by atoms with Crippen LogP contribution in [0.2, 0.25) is 0 Å². The van der Waals surface area contributed by atoms with E-state index >= 15 is 0 Å². The average molecular weight is 468 g/mol. The maximum absolute atomic E-state index is 13.6. The van der Waals surface area contributed by atoms with Crippen molar-refractivity contribution in [2.75, 3.05) is 12.3 Å². The minimum Gasteiger partial charge on any atom is -0.488 e. The number of carbonyl (C=O) groups is 1. The lowest BCUT2D eigenvalue weighted by molar-refractivity contribution is -0.137. The first-order chi connectivity index (χ1) is 16.2. The van der Waals surface area contributed by atoms with Crippen molar-refractivity contribution in [2.45, 2.75) is 31.2 Å². The van der Waals surface area contributed by atoms with Crippen molar-refractivity contribution in [3.8, 4) is 5.75 Å². The maximum Gasteiger partial charge on any atom is 0.416 e. The number of aryl methyl sites for hydroxylation is 1. The van der Waals surface area contributed by atoms with Crippen LogP contribution in [0.5, 0.6) is 5.75 Å². The van der Waals surface area contributed by atoms with E-state index in [2.05, 4.69) is 15.1 Å². The summed E-state index contributed by atoms with van der Waals surface area (Å²) < 4.78 is 47.0. The molecule has 1 fully saturated rings. The maximum atomic E-state index is 13.6. The summed E-state index contributed by atoms with van der Waals surface area (Å²) in [7, 11) is 1.78. The van der Waals surface area contributed by atoms with Gasteiger partial charge in [-0.1, -0.05) is 6.07 Å². The smallest absolute Gasteiger partial charge is 0.416 e. The normalized spacial score (nSPS) is 19.8. The number of alkyl halides is 3. The van der Waals surface area contributed by atoms with Gasteiger partial charge in [0.25, 0.3) is 5.91 Å². The topological polar surface area (TPSA) is 99.2 Å². The first-order valence-electron chi connectivity index (χ1n) is 10.8. The van der Waals surface area contributed by atoms with Crippen molar-refractivity contribution >= 4 is 33.5 Å². The Bertz CT molecular complexity index is 1480. The molecule has 0 saturated carbocycles. The van der Waals surface area contributed by atoms with E-state index in [4.69, 9.17) is 10.5 Å². The summed E-state index contributed by atoms with van der Waals surface area (Å²) in [4.78, 5) is 24.0. The molecule has 174 valence electrons. The Kier molecular flexibility index (Phi) is 4.29. The quantitative estimate of drug-likeness (QED) is 0.456. The Balaban J connectivity index is 1.41. The highest BCUT2D eigenvalue weighted by molar-refractivity contribution is 6.09. The lowest BCUT2D eigenvalue weighted by Crippen LogP contribution is -2.44. The van der Waals surface area contributed by atoms with Crippen LogP contribution in [0.25, 0.3) is 21.8 Å². The number of amides is 1. The third kappa shape index (κ3) is 2.99. The van der Waals surface area contributed by atoms with E-state index < -0.39 is 23.9 Å². The van der Waals surface area contributed by atoms with E-state index in [1.807, 2.05) is 0 Å². The third-order valence-corrected chi connectivity index (χ3v) is 6.59. The minimum absolute atomic E-state index is 0.173. The summed E-state index contributed by atoms with van der Waals surface area (Å²) in [6, 6.07) is 4.65. The van der Waals surface area contributed by atoms with Crippen LogP contribution in [-0.2, 0) is 13.2 Å². The number of hydrogen-bond acceptors (Lipinski definition) is 6. The van der Waals surface area contributed by atoms with E-state index in [-0.39, 0.29) is 17.4 Å². The first kappa shape index (κ1) is 20.7. The molecular formula is C23H19F3N6O2. The largest absolute Gasteiger partial charge is 0.488 e. The Labute approximate surface area is 191 Å². The predicted molar refractivity (Wildman–Crippen MR) is 117 cm³/mol. The molecule has 2 aliphatic rings. The molecule has 1 aromatic carbocycles. The molecule has 0 radical (unpaired) electrons. The van der Waals surface area contributed by atoms with Crippen molar-refractivity contribution in [2.24, 2.45) is 7.05 Å². The number of aromatic nitrogens is 4. The second-order valence-electron chi connectivity index (χ2n) is 8.61. The Morgan fingerprint density at radius 1 is 1.21 bits per heavy atom. The fourth-order valence-electron chi connectivity index (χ4n) is 5.03. The zero-order chi connectivity index (χ0) is 23.8. The van der Waals surface area contributed by atoms with Crippen LogP contribution >= 0.6 is 0 Å². The highest BCUT2D eigenvalue weighted by Crippen LogP contribution is 2.46. The number of halogens is 3. The molecule has 3 aromatic heterocycles. The van der Waals surface area contributed by atoms with E-state index in [9.17, 15) is 18.0 Å². The van der Waals surface area contributed by atoms with Gasteiger partial charge < -0.3 is 15.4 Å². The van der Waals surface area contributed by atoms with Crippen molar-refractivity contribution in [1.29, 1.82) is 0 Å². The van der Waals surface area contributed by atoms with Gasteiger partial charge in [-0.25, -0.2) is 9.97 Å². The zero-order valence-corrected chi connectivity index (χ0v) is 18.0. The molecule has 0 bridgehead atoms. The summed E-state index contributed by atoms with van der Waals surface area (Å²) in [6.07, 6.45) is -0.427. The minimum atomic E-state index is -4.47. The summed E-state index contributed by atoms with van der Waals surface area (Å²) in [5.41, 5.74) is 7.34. The number of anilines is 1. The molecule has 11 heteroatoms. The van der Waals surface area contributed by atoms with Gasteiger partial charge in [-0.2, -0.15) is 18.3 Å². The van der Waals surface area contributed by atoms with Crippen LogP contribution in [0.4, 0.5) is 19.0 Å². The number of nitrogens with zero attached hydrogens (tertiary/aromatic N) is 5. The summed E-state index contributed by atoms with van der Waals surface area (Å²) in [5.74, 6) is 0.181. The Morgan fingerprint density at radius 3 is 2.82 bits per heavy atom. The number of pyridine rings is 2. The van der Waals surface area contributed by atoms with E-state index in [0.29, 0.717) is 47.1 Å². The summed E-state index contributed by atoms with van der Waals surface area (Å²) >= 11 is 0. The molecule has 4 aromatic rings. The average Bonchev–Trinajstić information content (AvgIpc) is 3.38. The highest BCUT2D eigenvalue weighted by atomic mass is 19.4. The molecule has 8 nitrogen and oxygen atoms in total. The highest BCUT2D eigenvalue weighted by Gasteiger charge is 2.44. The van der Waals surface area contributed by atoms with Gasteiger partial charge in [0.15, 0.2) is 0 Å². The van der Waals surface area contributed by atoms with E-state index in [1.165, 1.54) is 12.3 Å². The number of carbonyl (C=O) groups excluding carboxylic acids is 1. The Morgan fingerprint density at radius 2 is 2.03 bits per heavy atom. The molecule has 0 unspecified atom stereocenters. The zero-order valence-electron chi connectivity index (χ0n) is 18.0. The molecule has 1 saturated heterocycles. The number of benzene rings is 1. The summed E-state index contributed by atoms with van der Waals surface area (Å²) in [6.45, 7) is 0.449. The number of nitrogens with two attached hydrogens (primary N) is 1. The van der Waals surface area contributed by atoms with Gasteiger partial charge in [0.2, 0.25) is 0 Å². The molecule has 34 heavy (non-hydrogen) atoms. The number of nitrogen functional groups attached to an aromatic ring is 1. The van der Waals surface area contributed by atoms with Gasteiger partial charge in [-0.3, -0.25) is 9.48 Å². The van der Waals surface area contributed by atoms with E-state index in [1.54, 1.807) is 28.9 Å². The molecule has 0 aliphatic carbocycles. The predicted octanol–water partition coefficient (Wildman–Crippen LogP) is 3.86. The van der Waals surface area contributed by atoms with Crippen LogP contribution < -0.4 is 10.5 Å². The molecule has 2 N–H and O–H groups in total. The van der Waals surface area contributed by atoms with Gasteiger partial charge in [-0.05, 0) is 31.0 Å². The second kappa shape index (κ2) is 7.05. The van der Waals surface area contributed by atoms with Crippen molar-refractivity contribution in [1.82, 2.24) is 24.6 Å². The first-order valence-corrected chi connectivity index (χ1v) is 10.8. The van der Waals surface area contributed by atoms with Crippen LogP contribution in [0, 0.1) is 0 Å². The van der Waals surface area contributed by atoms with Crippen LogP contribution in [0.15, 0.2) is 36.7 Å². The molecule has 1 amide bonds. The molecule has 5 heterocycles. The van der Waals surface area contributed by atoms with Crippen molar-refractivity contribution in [3.05, 3.63) is 53.5 Å². The molecule has 2 aliphatic heterocycles. The number of fused-ring (bicyclic) bond motifs is 6. The van der Waals surface area contributed by atoms with Gasteiger partial charge in [0, 0.05) is 24.5 Å². The van der Waals surface area contributed by atoms with Gasteiger partial charge in [0.05, 0.1) is 40.4 Å². The molecule has 2 atom stereocenters. The second-order valence-corrected chi connectivity index (χ2v) is 8.61. The third-order valence-electron chi connectivity index (χ3n) is 6.59. The number of likely N-dealkylation sites (tertiary alicyclic amines) is 1. The fraction of sp³-hybridized carbons (Fsp3) is 0.304. The van der Waals surface area contributed by atoms with Crippen LogP contribution in [0.1, 0.15) is 40.5 Å². The lowest BCUT2D eigenvalue weighted by Gasteiger charge is -2.36.